The smallest absolute Gasteiger partial charge is 0.314 e. The molecule has 1 saturated carbocycles. The molecule has 1 heterocycles. The number of H-pyrrole nitrogens is 1. The molecular formula is C11H19N3OS. The minimum atomic E-state index is 0.187. The first-order valence-electron chi connectivity index (χ1n) is 5.88. The highest BCUT2D eigenvalue weighted by molar-refractivity contribution is 7.71. The quantitative estimate of drug-likeness (QED) is 0.798. The number of aromatic amines is 1. The van der Waals surface area contributed by atoms with Crippen molar-refractivity contribution in [2.75, 3.05) is 6.54 Å². The van der Waals surface area contributed by atoms with E-state index in [1.807, 2.05) is 0 Å². The molecule has 5 heteroatoms. The van der Waals surface area contributed by atoms with E-state index in [2.05, 4.69) is 17.1 Å². The van der Waals surface area contributed by atoms with E-state index in [0.29, 0.717) is 6.54 Å². The first-order valence-corrected chi connectivity index (χ1v) is 6.29. The predicted octanol–water partition coefficient (Wildman–Crippen LogP) is 2.43. The summed E-state index contributed by atoms with van der Waals surface area (Å²) in [4.78, 5) is 4.44. The van der Waals surface area contributed by atoms with Crippen LogP contribution in [0.25, 0.3) is 0 Å². The molecule has 0 bridgehead atoms. The molecule has 2 rings (SSSR count). The summed E-state index contributed by atoms with van der Waals surface area (Å²) in [7, 11) is 0. The highest BCUT2D eigenvalue weighted by atomic mass is 32.1. The van der Waals surface area contributed by atoms with E-state index in [9.17, 15) is 0 Å². The van der Waals surface area contributed by atoms with Crippen molar-refractivity contribution in [3.63, 3.8) is 0 Å². The van der Waals surface area contributed by atoms with Gasteiger partial charge >= 0.3 is 4.84 Å². The van der Waals surface area contributed by atoms with Gasteiger partial charge in [0.2, 0.25) is 0 Å². The number of aromatic nitrogens is 2. The van der Waals surface area contributed by atoms with Crippen molar-refractivity contribution < 1.29 is 4.52 Å². The third-order valence-corrected chi connectivity index (χ3v) is 3.82. The molecule has 0 spiro atoms. The molecule has 1 aliphatic rings. The standard InChI is InChI=1S/C11H19N3OS/c1-8-3-2-4-11(5-8,7-12)6-9-13-10(16)15-14-9/h8H,2-7,12H2,1H3,(H,13,14,16)/t8-,11-/m0/s1. The van der Waals surface area contributed by atoms with E-state index in [1.165, 1.54) is 25.7 Å². The lowest BCUT2D eigenvalue weighted by Gasteiger charge is -2.38. The second kappa shape index (κ2) is 4.67. The number of hydrogen-bond acceptors (Lipinski definition) is 4. The van der Waals surface area contributed by atoms with Gasteiger partial charge in [-0.3, -0.25) is 0 Å². The van der Waals surface area contributed by atoms with Crippen LogP contribution in [-0.2, 0) is 6.42 Å². The van der Waals surface area contributed by atoms with Crippen molar-refractivity contribution in [2.24, 2.45) is 17.1 Å². The van der Waals surface area contributed by atoms with Crippen molar-refractivity contribution in [3.05, 3.63) is 10.7 Å². The number of nitrogens with zero attached hydrogens (tertiary/aromatic N) is 1. The third-order valence-electron chi connectivity index (χ3n) is 3.64. The van der Waals surface area contributed by atoms with Crippen molar-refractivity contribution >= 4 is 12.2 Å². The molecule has 3 N–H and O–H groups in total. The van der Waals surface area contributed by atoms with Crippen LogP contribution in [-0.4, -0.2) is 16.7 Å². The van der Waals surface area contributed by atoms with Gasteiger partial charge in [0.15, 0.2) is 0 Å². The fraction of sp³-hybridized carbons (Fsp3) is 0.818. The zero-order chi connectivity index (χ0) is 11.6. The van der Waals surface area contributed by atoms with E-state index < -0.39 is 0 Å². The van der Waals surface area contributed by atoms with Gasteiger partial charge < -0.3 is 10.3 Å². The number of nitrogens with one attached hydrogen (secondary N) is 1. The molecule has 0 unspecified atom stereocenters. The van der Waals surface area contributed by atoms with E-state index in [1.54, 1.807) is 0 Å². The topological polar surface area (TPSA) is 67.8 Å². The van der Waals surface area contributed by atoms with E-state index in [4.69, 9.17) is 22.5 Å². The summed E-state index contributed by atoms with van der Waals surface area (Å²) in [6.45, 7) is 3.01. The van der Waals surface area contributed by atoms with Gasteiger partial charge in [-0.15, -0.1) is 0 Å². The first kappa shape index (κ1) is 11.8. The minimum Gasteiger partial charge on any atom is -0.348 e. The highest BCUT2D eigenvalue weighted by Crippen LogP contribution is 2.40. The van der Waals surface area contributed by atoms with Crippen LogP contribution in [0.2, 0.25) is 0 Å². The van der Waals surface area contributed by atoms with Crippen LogP contribution in [0.3, 0.4) is 0 Å². The van der Waals surface area contributed by atoms with Gasteiger partial charge in [-0.1, -0.05) is 19.8 Å². The molecule has 4 nitrogen and oxygen atoms in total. The van der Waals surface area contributed by atoms with Crippen LogP contribution in [0.4, 0.5) is 0 Å². The molecule has 0 radical (unpaired) electrons. The Morgan fingerprint density at radius 1 is 1.69 bits per heavy atom. The van der Waals surface area contributed by atoms with Gasteiger partial charge in [-0.05, 0) is 42.9 Å². The monoisotopic (exact) mass is 241 g/mol. The molecule has 16 heavy (non-hydrogen) atoms. The maximum Gasteiger partial charge on any atom is 0.314 e. The third kappa shape index (κ3) is 2.52. The van der Waals surface area contributed by atoms with Gasteiger partial charge in [0.1, 0.15) is 5.82 Å². The highest BCUT2D eigenvalue weighted by Gasteiger charge is 2.34. The Morgan fingerprint density at radius 2 is 2.50 bits per heavy atom. The van der Waals surface area contributed by atoms with Crippen LogP contribution in [0.15, 0.2) is 4.52 Å². The molecule has 1 aliphatic carbocycles. The van der Waals surface area contributed by atoms with Gasteiger partial charge in [0, 0.05) is 6.42 Å². The second-order valence-corrected chi connectivity index (χ2v) is 5.46. The zero-order valence-corrected chi connectivity index (χ0v) is 10.5. The fourth-order valence-electron chi connectivity index (χ4n) is 2.88. The van der Waals surface area contributed by atoms with Gasteiger partial charge in [0.05, 0.1) is 0 Å². The van der Waals surface area contributed by atoms with Crippen molar-refractivity contribution in [2.45, 2.75) is 39.0 Å². The Morgan fingerprint density at radius 3 is 3.06 bits per heavy atom. The molecule has 0 aromatic carbocycles. The minimum absolute atomic E-state index is 0.187. The lowest BCUT2D eigenvalue weighted by Crippen LogP contribution is -2.37. The van der Waals surface area contributed by atoms with Crippen LogP contribution in [0.1, 0.15) is 38.4 Å². The number of nitrogens with two attached hydrogens (primary N) is 1. The first-order chi connectivity index (χ1) is 7.63. The SMILES string of the molecule is C[C@H]1CCC[C@@](CN)(Cc2nc(=S)o[nH]2)C1. The molecular weight excluding hydrogens is 222 g/mol. The van der Waals surface area contributed by atoms with Crippen molar-refractivity contribution in [1.29, 1.82) is 0 Å². The van der Waals surface area contributed by atoms with Crippen LogP contribution in [0.5, 0.6) is 0 Å². The predicted molar refractivity (Wildman–Crippen MR) is 64.5 cm³/mol. The Balaban J connectivity index is 2.12. The average Bonchev–Trinajstić information content (AvgIpc) is 2.64. The Bertz CT molecular complexity index is 400. The fourth-order valence-corrected chi connectivity index (χ4v) is 3.03. The molecule has 1 aromatic rings. The largest absolute Gasteiger partial charge is 0.348 e. The Hall–Kier alpha value is -0.680. The maximum absolute atomic E-state index is 5.96. The molecule has 0 amide bonds. The Labute approximate surface area is 101 Å². The molecule has 90 valence electrons. The van der Waals surface area contributed by atoms with Gasteiger partial charge in [-0.25, -0.2) is 5.16 Å². The molecule has 1 aromatic heterocycles. The molecule has 2 atom stereocenters. The Kier molecular flexibility index (Phi) is 3.44. The normalized spacial score (nSPS) is 30.5. The second-order valence-electron chi connectivity index (χ2n) is 5.11. The summed E-state index contributed by atoms with van der Waals surface area (Å²) in [5, 5.41) is 2.78. The van der Waals surface area contributed by atoms with Crippen LogP contribution in [0, 0.1) is 16.2 Å². The summed E-state index contributed by atoms with van der Waals surface area (Å²) in [6, 6.07) is 0. The van der Waals surface area contributed by atoms with Crippen molar-refractivity contribution in [3.8, 4) is 0 Å². The number of rotatable bonds is 3. The van der Waals surface area contributed by atoms with Crippen LogP contribution < -0.4 is 5.73 Å². The summed E-state index contributed by atoms with van der Waals surface area (Å²) < 4.78 is 4.96. The zero-order valence-electron chi connectivity index (χ0n) is 9.66. The summed E-state index contributed by atoms with van der Waals surface area (Å²) in [5.74, 6) is 1.59. The lowest BCUT2D eigenvalue weighted by atomic mass is 9.68. The molecule has 0 aliphatic heterocycles. The summed E-state index contributed by atoms with van der Waals surface area (Å²) in [5.41, 5.74) is 6.14. The lowest BCUT2D eigenvalue weighted by molar-refractivity contribution is 0.150. The van der Waals surface area contributed by atoms with E-state index >= 15 is 0 Å². The summed E-state index contributed by atoms with van der Waals surface area (Å²) >= 11 is 4.86. The molecule has 0 saturated heterocycles. The van der Waals surface area contributed by atoms with Crippen LogP contribution >= 0.6 is 12.2 Å². The average molecular weight is 241 g/mol. The van der Waals surface area contributed by atoms with E-state index in [-0.39, 0.29) is 10.3 Å². The van der Waals surface area contributed by atoms with Crippen molar-refractivity contribution in [1.82, 2.24) is 10.1 Å². The van der Waals surface area contributed by atoms with E-state index in [0.717, 1.165) is 18.2 Å². The molecule has 1 fully saturated rings. The van der Waals surface area contributed by atoms with Gasteiger partial charge in [0.25, 0.3) is 0 Å². The number of hydrogen-bond donors (Lipinski definition) is 2. The van der Waals surface area contributed by atoms with Gasteiger partial charge in [-0.2, -0.15) is 4.98 Å². The maximum atomic E-state index is 5.96. The summed E-state index contributed by atoms with van der Waals surface area (Å²) in [6.07, 6.45) is 5.79.